The highest BCUT2D eigenvalue weighted by Crippen LogP contribution is 2.54. The van der Waals surface area contributed by atoms with Crippen LogP contribution in [0.3, 0.4) is 0 Å². The quantitative estimate of drug-likeness (QED) is 0.228. The number of rotatable bonds is 0. The summed E-state index contributed by atoms with van der Waals surface area (Å²) in [6, 6.07) is 34.6. The van der Waals surface area contributed by atoms with Crippen molar-refractivity contribution in [2.75, 3.05) is 4.90 Å². The minimum atomic E-state index is 1.02. The number of benzene rings is 5. The Labute approximate surface area is 205 Å². The van der Waals surface area contributed by atoms with Crippen LogP contribution in [0.15, 0.2) is 91.0 Å². The molecule has 0 saturated heterocycles. The van der Waals surface area contributed by atoms with Crippen LogP contribution in [0.4, 0.5) is 17.1 Å². The molecular formula is C34H23N. The molecule has 4 aliphatic rings. The van der Waals surface area contributed by atoms with Crippen molar-refractivity contribution >= 4 is 17.1 Å². The first kappa shape index (κ1) is 18.3. The Morgan fingerprint density at radius 2 is 1.17 bits per heavy atom. The Balaban J connectivity index is 1.29. The van der Waals surface area contributed by atoms with Gasteiger partial charge in [-0.3, -0.25) is 0 Å². The van der Waals surface area contributed by atoms with Gasteiger partial charge >= 0.3 is 0 Å². The third-order valence-corrected chi connectivity index (χ3v) is 8.69. The maximum atomic E-state index is 2.57. The van der Waals surface area contributed by atoms with Crippen molar-refractivity contribution in [1.29, 1.82) is 0 Å². The highest BCUT2D eigenvalue weighted by Gasteiger charge is 2.34. The average Bonchev–Trinajstić information content (AvgIpc) is 3.45. The Hall–Kier alpha value is -4.10. The van der Waals surface area contributed by atoms with Gasteiger partial charge in [0.25, 0.3) is 0 Å². The maximum Gasteiger partial charge on any atom is 0.0532 e. The van der Waals surface area contributed by atoms with E-state index >= 15 is 0 Å². The van der Waals surface area contributed by atoms with Crippen LogP contribution in [0, 0.1) is 0 Å². The summed E-state index contributed by atoms with van der Waals surface area (Å²) in [5.41, 5.74) is 21.7. The minimum Gasteiger partial charge on any atom is -0.309 e. The van der Waals surface area contributed by atoms with Crippen LogP contribution in [0.2, 0.25) is 0 Å². The Morgan fingerprint density at radius 1 is 0.429 bits per heavy atom. The van der Waals surface area contributed by atoms with Gasteiger partial charge in [0.2, 0.25) is 0 Å². The van der Waals surface area contributed by atoms with Gasteiger partial charge in [-0.2, -0.15) is 0 Å². The summed E-state index contributed by atoms with van der Waals surface area (Å²) in [6.45, 7) is 0. The number of hydrogen-bond acceptors (Lipinski definition) is 1. The zero-order chi connectivity index (χ0) is 22.7. The van der Waals surface area contributed by atoms with Gasteiger partial charge in [-0.15, -0.1) is 0 Å². The van der Waals surface area contributed by atoms with E-state index in [1.165, 1.54) is 83.8 Å². The second-order valence-electron chi connectivity index (χ2n) is 10.5. The first-order chi connectivity index (χ1) is 17.3. The van der Waals surface area contributed by atoms with E-state index in [0.717, 1.165) is 25.7 Å². The predicted octanol–water partition coefficient (Wildman–Crippen LogP) is 8.11. The van der Waals surface area contributed by atoms with Crippen LogP contribution in [0.5, 0.6) is 0 Å². The van der Waals surface area contributed by atoms with Crippen molar-refractivity contribution in [2.45, 2.75) is 25.7 Å². The Kier molecular flexibility index (Phi) is 3.29. The normalized spacial score (nSPS) is 14.9. The van der Waals surface area contributed by atoms with Crippen LogP contribution in [-0.2, 0) is 25.7 Å². The summed E-state index contributed by atoms with van der Waals surface area (Å²) in [4.78, 5) is 2.57. The molecule has 164 valence electrons. The van der Waals surface area contributed by atoms with Gasteiger partial charge in [-0.05, 0) is 91.7 Å². The van der Waals surface area contributed by atoms with Crippen LogP contribution < -0.4 is 4.90 Å². The van der Waals surface area contributed by atoms with Crippen molar-refractivity contribution in [3.05, 3.63) is 136 Å². The van der Waals surface area contributed by atoms with Gasteiger partial charge in [0.05, 0.1) is 11.4 Å². The molecule has 1 heteroatoms. The average molecular weight is 446 g/mol. The maximum absolute atomic E-state index is 2.57. The summed E-state index contributed by atoms with van der Waals surface area (Å²) in [7, 11) is 0. The first-order valence-electron chi connectivity index (χ1n) is 12.7. The predicted molar refractivity (Wildman–Crippen MR) is 143 cm³/mol. The summed E-state index contributed by atoms with van der Waals surface area (Å²) in [6.07, 6.45) is 4.13. The van der Waals surface area contributed by atoms with E-state index in [1.54, 1.807) is 0 Å². The van der Waals surface area contributed by atoms with Crippen molar-refractivity contribution in [2.24, 2.45) is 0 Å². The van der Waals surface area contributed by atoms with E-state index in [9.17, 15) is 0 Å². The van der Waals surface area contributed by atoms with Crippen LogP contribution >= 0.6 is 0 Å². The summed E-state index contributed by atoms with van der Waals surface area (Å²) < 4.78 is 0. The monoisotopic (exact) mass is 445 g/mol. The standard InChI is InChI=1S/C34H23N/c1-3-10-27-20(6-1)18-30-28(27)13-12-22-15-25-17-26-16-24-9-5-8-23-14-21-7-2-4-11-31(21)35(34(23)24)32(26)19-29(25)33(22)30/h1-13,17,19H,14-16,18H2. The van der Waals surface area contributed by atoms with Crippen molar-refractivity contribution in [3.63, 3.8) is 0 Å². The first-order valence-corrected chi connectivity index (χ1v) is 12.7. The number of hydrogen-bond donors (Lipinski definition) is 0. The minimum absolute atomic E-state index is 1.02. The molecule has 0 amide bonds. The second kappa shape index (κ2) is 6.31. The lowest BCUT2D eigenvalue weighted by Crippen LogP contribution is -2.24. The third kappa shape index (κ3) is 2.29. The van der Waals surface area contributed by atoms with Crippen LogP contribution in [0.25, 0.3) is 22.3 Å². The molecule has 0 saturated carbocycles. The zero-order valence-corrected chi connectivity index (χ0v) is 19.4. The molecule has 1 nitrogen and oxygen atoms in total. The molecular weight excluding hydrogens is 422 g/mol. The molecule has 0 radical (unpaired) electrons. The molecule has 5 aromatic carbocycles. The molecule has 2 aliphatic carbocycles. The van der Waals surface area contributed by atoms with Gasteiger partial charge < -0.3 is 4.90 Å². The summed E-state index contributed by atoms with van der Waals surface area (Å²) in [5, 5.41) is 0. The fraction of sp³-hybridized carbons (Fsp3) is 0.118. The highest BCUT2D eigenvalue weighted by molar-refractivity contribution is 5.95. The second-order valence-corrected chi connectivity index (χ2v) is 10.5. The molecule has 0 fully saturated rings. The fourth-order valence-corrected chi connectivity index (χ4v) is 7.24. The van der Waals surface area contributed by atoms with E-state index < -0.39 is 0 Å². The lowest BCUT2D eigenvalue weighted by molar-refractivity contribution is 1.01. The van der Waals surface area contributed by atoms with Gasteiger partial charge in [-0.25, -0.2) is 0 Å². The topological polar surface area (TPSA) is 3.24 Å². The van der Waals surface area contributed by atoms with Gasteiger partial charge in [-0.1, -0.05) is 78.9 Å². The Bertz CT molecular complexity index is 1760. The highest BCUT2D eigenvalue weighted by atomic mass is 15.2. The Morgan fingerprint density at radius 3 is 2.09 bits per heavy atom. The van der Waals surface area contributed by atoms with E-state index in [0.29, 0.717) is 0 Å². The number of para-hydroxylation sites is 2. The molecule has 0 atom stereocenters. The van der Waals surface area contributed by atoms with Gasteiger partial charge in [0.15, 0.2) is 0 Å². The van der Waals surface area contributed by atoms with E-state index in [2.05, 4.69) is 95.9 Å². The number of fused-ring (bicyclic) bond motifs is 11. The number of nitrogens with zero attached hydrogens (tertiary/aromatic N) is 1. The molecule has 5 aromatic rings. The van der Waals surface area contributed by atoms with E-state index in [-0.39, 0.29) is 0 Å². The smallest absolute Gasteiger partial charge is 0.0532 e. The fourth-order valence-electron chi connectivity index (χ4n) is 7.24. The molecule has 2 heterocycles. The lowest BCUT2D eigenvalue weighted by atomic mass is 9.85. The molecule has 0 unspecified atom stereocenters. The van der Waals surface area contributed by atoms with E-state index in [1.807, 2.05) is 0 Å². The van der Waals surface area contributed by atoms with Crippen LogP contribution in [0.1, 0.15) is 44.5 Å². The molecule has 0 aromatic heterocycles. The van der Waals surface area contributed by atoms with E-state index in [4.69, 9.17) is 0 Å². The molecule has 0 bridgehead atoms. The van der Waals surface area contributed by atoms with Gasteiger partial charge in [0.1, 0.15) is 0 Å². The van der Waals surface area contributed by atoms with Crippen molar-refractivity contribution in [1.82, 2.24) is 0 Å². The van der Waals surface area contributed by atoms with Crippen molar-refractivity contribution < 1.29 is 0 Å². The molecule has 0 spiro atoms. The largest absolute Gasteiger partial charge is 0.309 e. The molecule has 35 heavy (non-hydrogen) atoms. The summed E-state index contributed by atoms with van der Waals surface area (Å²) >= 11 is 0. The van der Waals surface area contributed by atoms with Gasteiger partial charge in [0, 0.05) is 18.5 Å². The molecule has 2 aliphatic heterocycles. The summed E-state index contributed by atoms with van der Waals surface area (Å²) in [5.74, 6) is 0. The molecule has 9 rings (SSSR count). The third-order valence-electron chi connectivity index (χ3n) is 8.69. The zero-order valence-electron chi connectivity index (χ0n) is 19.4. The molecule has 0 N–H and O–H groups in total. The SMILES string of the molecule is c1ccc2c(c1)Cc1c-2ccc2c1-c1cc3c(cc1C2)Cc1cccc2c1N3c1ccccc1C2. The van der Waals surface area contributed by atoms with Crippen LogP contribution in [-0.4, -0.2) is 0 Å². The number of anilines is 3. The van der Waals surface area contributed by atoms with Crippen molar-refractivity contribution in [3.8, 4) is 22.3 Å². The lowest BCUT2D eigenvalue weighted by Gasteiger charge is -2.39.